The van der Waals surface area contributed by atoms with Gasteiger partial charge in [0.2, 0.25) is 6.79 Å². The highest BCUT2D eigenvalue weighted by Crippen LogP contribution is 2.37. The molecule has 152 valence electrons. The fourth-order valence-electron chi connectivity index (χ4n) is 4.08. The number of phenols is 1. The van der Waals surface area contributed by atoms with Gasteiger partial charge in [-0.05, 0) is 26.3 Å². The molecule has 1 saturated heterocycles. The van der Waals surface area contributed by atoms with Gasteiger partial charge in [-0.25, -0.2) is 8.42 Å². The number of nitrogens with one attached hydrogen (secondary N) is 1. The number of aryl methyl sites for hydroxylation is 1. The van der Waals surface area contributed by atoms with Crippen molar-refractivity contribution in [2.24, 2.45) is 0 Å². The molecule has 1 aromatic heterocycles. The van der Waals surface area contributed by atoms with E-state index in [1.165, 1.54) is 4.90 Å². The summed E-state index contributed by atoms with van der Waals surface area (Å²) >= 11 is 0. The lowest BCUT2D eigenvalue weighted by Crippen LogP contribution is -3.06. The number of rotatable bonds is 5. The van der Waals surface area contributed by atoms with Gasteiger partial charge in [0.1, 0.15) is 18.8 Å². The average Bonchev–Trinajstić information content (AvgIpc) is 3.28. The molecule has 28 heavy (non-hydrogen) atoms. The van der Waals surface area contributed by atoms with Gasteiger partial charge >= 0.3 is 0 Å². The average molecular weight is 409 g/mol. The number of hydrogen-bond donors (Lipinski definition) is 2. The van der Waals surface area contributed by atoms with Gasteiger partial charge in [-0.2, -0.15) is 5.10 Å². The molecule has 8 nitrogen and oxygen atoms in total. The molecule has 0 spiro atoms. The quantitative estimate of drug-likeness (QED) is 0.749. The number of nitrogens with zero attached hydrogens (tertiary/aromatic N) is 2. The molecule has 0 saturated carbocycles. The number of benzene rings is 1. The second-order valence-corrected chi connectivity index (χ2v) is 10.0. The number of quaternary nitrogens is 1. The van der Waals surface area contributed by atoms with Crippen molar-refractivity contribution in [2.75, 3.05) is 25.3 Å². The van der Waals surface area contributed by atoms with E-state index in [0.717, 1.165) is 29.1 Å². The molecule has 0 bridgehead atoms. The Morgan fingerprint density at radius 2 is 1.96 bits per heavy atom. The van der Waals surface area contributed by atoms with Gasteiger partial charge in [0.15, 0.2) is 21.3 Å². The van der Waals surface area contributed by atoms with Gasteiger partial charge in [-0.3, -0.25) is 4.68 Å². The van der Waals surface area contributed by atoms with Gasteiger partial charge in [0.05, 0.1) is 41.4 Å². The van der Waals surface area contributed by atoms with Crippen molar-refractivity contribution in [1.82, 2.24) is 9.78 Å². The third-order valence-electron chi connectivity index (χ3n) is 5.57. The summed E-state index contributed by atoms with van der Waals surface area (Å²) in [7, 11) is -0.898. The normalized spacial score (nSPS) is 21.2. The smallest absolute Gasteiger partial charge is 0.231 e. The number of hydrogen-bond acceptors (Lipinski definition) is 6. The predicted molar refractivity (Wildman–Crippen MR) is 103 cm³/mol. The van der Waals surface area contributed by atoms with Crippen LogP contribution in [0.5, 0.6) is 17.2 Å². The van der Waals surface area contributed by atoms with Crippen LogP contribution < -0.4 is 14.4 Å². The van der Waals surface area contributed by atoms with Crippen LogP contribution in [0.1, 0.15) is 35.0 Å². The summed E-state index contributed by atoms with van der Waals surface area (Å²) in [5, 5.41) is 14.9. The van der Waals surface area contributed by atoms with Gasteiger partial charge in [-0.1, -0.05) is 0 Å². The minimum Gasteiger partial charge on any atom is -0.507 e. The zero-order valence-corrected chi connectivity index (χ0v) is 17.2. The fraction of sp³-hybridized carbons (Fsp3) is 0.526. The van der Waals surface area contributed by atoms with Crippen molar-refractivity contribution in [2.45, 2.75) is 39.4 Å². The zero-order chi connectivity index (χ0) is 20.1. The minimum atomic E-state index is -2.95. The van der Waals surface area contributed by atoms with Crippen molar-refractivity contribution in [3.05, 3.63) is 34.6 Å². The van der Waals surface area contributed by atoms with Gasteiger partial charge < -0.3 is 19.5 Å². The van der Waals surface area contributed by atoms with Crippen molar-refractivity contribution >= 4 is 9.84 Å². The van der Waals surface area contributed by atoms with Crippen LogP contribution in [0.4, 0.5) is 0 Å². The van der Waals surface area contributed by atoms with Crippen molar-refractivity contribution in [3.8, 4) is 17.2 Å². The predicted octanol–water partition coefficient (Wildman–Crippen LogP) is 0.509. The summed E-state index contributed by atoms with van der Waals surface area (Å²) in [5.41, 5.74) is 3.87. The Hall–Kier alpha value is -2.26. The highest BCUT2D eigenvalue weighted by atomic mass is 32.2. The Bertz CT molecular complexity index is 1020. The van der Waals surface area contributed by atoms with Gasteiger partial charge in [0, 0.05) is 11.8 Å². The second kappa shape index (κ2) is 6.97. The van der Waals surface area contributed by atoms with E-state index < -0.39 is 9.84 Å². The Kier molecular flexibility index (Phi) is 4.75. The Morgan fingerprint density at radius 3 is 2.64 bits per heavy atom. The lowest BCUT2D eigenvalue weighted by molar-refractivity contribution is -0.907. The SMILES string of the molecule is Cc1nn([C@H]2CCS(=O)(=O)C2)c(C)c1C[NH+](C)Cc1cc2c(cc1O)OCO2. The third kappa shape index (κ3) is 3.56. The number of ether oxygens (including phenoxy) is 2. The first-order valence-corrected chi connectivity index (χ1v) is 11.2. The van der Waals surface area contributed by atoms with Crippen molar-refractivity contribution in [3.63, 3.8) is 0 Å². The molecule has 1 unspecified atom stereocenters. The van der Waals surface area contributed by atoms with Crippen molar-refractivity contribution < 1.29 is 27.9 Å². The van der Waals surface area contributed by atoms with Crippen LogP contribution in [0.15, 0.2) is 12.1 Å². The number of phenolic OH excluding ortho intramolecular Hbond substituents is 1. The molecule has 2 aliphatic heterocycles. The first-order chi connectivity index (χ1) is 13.2. The first kappa shape index (κ1) is 19.1. The molecule has 0 amide bonds. The fourth-order valence-corrected chi connectivity index (χ4v) is 5.77. The highest BCUT2D eigenvalue weighted by Gasteiger charge is 2.32. The zero-order valence-electron chi connectivity index (χ0n) is 16.4. The summed E-state index contributed by atoms with van der Waals surface area (Å²) in [5.74, 6) is 1.83. The van der Waals surface area contributed by atoms with E-state index in [1.54, 1.807) is 6.07 Å². The van der Waals surface area contributed by atoms with Crippen LogP contribution in [-0.4, -0.2) is 48.7 Å². The molecule has 0 radical (unpaired) electrons. The van der Waals surface area contributed by atoms with E-state index in [4.69, 9.17) is 9.47 Å². The van der Waals surface area contributed by atoms with E-state index >= 15 is 0 Å². The lowest BCUT2D eigenvalue weighted by Gasteiger charge is -2.16. The van der Waals surface area contributed by atoms with Crippen LogP contribution in [-0.2, 0) is 22.9 Å². The molecular weight excluding hydrogens is 382 g/mol. The molecule has 4 rings (SSSR count). The van der Waals surface area contributed by atoms with Gasteiger partial charge in [-0.15, -0.1) is 0 Å². The Morgan fingerprint density at radius 1 is 1.25 bits per heavy atom. The number of aromatic hydroxyl groups is 1. The number of sulfone groups is 1. The third-order valence-corrected chi connectivity index (χ3v) is 7.32. The summed E-state index contributed by atoms with van der Waals surface area (Å²) < 4.78 is 36.2. The van der Waals surface area contributed by atoms with E-state index in [0.29, 0.717) is 24.5 Å². The molecule has 2 N–H and O–H groups in total. The monoisotopic (exact) mass is 408 g/mol. The minimum absolute atomic E-state index is 0.0735. The molecule has 2 atom stereocenters. The molecule has 1 aromatic carbocycles. The van der Waals surface area contributed by atoms with Gasteiger partial charge in [0.25, 0.3) is 0 Å². The molecule has 1 fully saturated rings. The van der Waals surface area contributed by atoms with E-state index in [2.05, 4.69) is 12.1 Å². The number of aromatic nitrogens is 2. The molecule has 2 aromatic rings. The van der Waals surface area contributed by atoms with E-state index in [-0.39, 0.29) is 30.1 Å². The standard InChI is InChI=1S/C19H25N3O5S/c1-12-16(13(2)22(20-12)15-4-5-28(24,25)10-15)9-21(3)8-14-6-18-19(7-17(14)23)27-11-26-18/h6-7,15,23H,4-5,8-11H2,1-3H3/p+1/t15-/m0/s1. The second-order valence-electron chi connectivity index (χ2n) is 7.80. The van der Waals surface area contributed by atoms with Crippen LogP contribution in [0, 0.1) is 13.8 Å². The maximum Gasteiger partial charge on any atom is 0.231 e. The van der Waals surface area contributed by atoms with Crippen molar-refractivity contribution in [1.29, 1.82) is 0 Å². The highest BCUT2D eigenvalue weighted by molar-refractivity contribution is 7.91. The maximum absolute atomic E-state index is 11.8. The number of fused-ring (bicyclic) bond motifs is 1. The molecule has 3 heterocycles. The first-order valence-electron chi connectivity index (χ1n) is 9.41. The van der Waals surface area contributed by atoms with Crippen LogP contribution in [0.25, 0.3) is 0 Å². The Labute approximate surface area is 164 Å². The molecule has 0 aliphatic carbocycles. The summed E-state index contributed by atoms with van der Waals surface area (Å²) in [6, 6.07) is 3.35. The maximum atomic E-state index is 11.8. The van der Waals surface area contributed by atoms with Crippen LogP contribution in [0.3, 0.4) is 0 Å². The summed E-state index contributed by atoms with van der Waals surface area (Å²) in [4.78, 5) is 1.18. The van der Waals surface area contributed by atoms with Crippen LogP contribution >= 0.6 is 0 Å². The van der Waals surface area contributed by atoms with E-state index in [1.807, 2.05) is 24.6 Å². The largest absolute Gasteiger partial charge is 0.507 e. The molecule has 2 aliphatic rings. The topological polar surface area (TPSA) is 95.1 Å². The Balaban J connectivity index is 1.50. The molecule has 9 heteroatoms. The van der Waals surface area contributed by atoms with E-state index in [9.17, 15) is 13.5 Å². The van der Waals surface area contributed by atoms with Crippen LogP contribution in [0.2, 0.25) is 0 Å². The summed E-state index contributed by atoms with van der Waals surface area (Å²) in [6.07, 6.45) is 0.623. The lowest BCUT2D eigenvalue weighted by atomic mass is 10.1. The molecular formula is C19H26N3O5S+. The summed E-state index contributed by atoms with van der Waals surface area (Å²) in [6.45, 7) is 5.49.